The molecule has 0 radical (unpaired) electrons. The molecule has 1 aromatic carbocycles. The summed E-state index contributed by atoms with van der Waals surface area (Å²) in [4.78, 5) is 12.4. The third-order valence-corrected chi connectivity index (χ3v) is 4.24. The fraction of sp³-hybridized carbons (Fsp3) is 0.353. The number of rotatable bonds is 4. The quantitative estimate of drug-likeness (QED) is 0.675. The number of aliphatic hydroxyl groups is 1. The highest BCUT2D eigenvalue weighted by Gasteiger charge is 2.23. The maximum atomic E-state index is 12.4. The average Bonchev–Trinajstić information content (AvgIpc) is 3.09. The van der Waals surface area contributed by atoms with Crippen molar-refractivity contribution in [3.8, 4) is 11.4 Å². The number of nitrogens with zero attached hydrogens (tertiary/aromatic N) is 1. The molecule has 1 amide bonds. The van der Waals surface area contributed by atoms with Crippen LogP contribution in [0.25, 0.3) is 5.69 Å². The summed E-state index contributed by atoms with van der Waals surface area (Å²) in [7, 11) is 0. The van der Waals surface area contributed by atoms with Crippen molar-refractivity contribution in [1.82, 2.24) is 15.2 Å². The van der Waals surface area contributed by atoms with Gasteiger partial charge in [0.25, 0.3) is 5.91 Å². The summed E-state index contributed by atoms with van der Waals surface area (Å²) in [5, 5.41) is 25.8. The lowest BCUT2D eigenvalue weighted by molar-refractivity contribution is 0.0752. The van der Waals surface area contributed by atoms with E-state index in [1.165, 1.54) is 6.07 Å². The van der Waals surface area contributed by atoms with Crippen LogP contribution in [0.4, 0.5) is 0 Å². The van der Waals surface area contributed by atoms with Crippen molar-refractivity contribution in [1.29, 1.82) is 0 Å². The van der Waals surface area contributed by atoms with Gasteiger partial charge in [-0.25, -0.2) is 0 Å². The number of piperidine rings is 1. The highest BCUT2D eigenvalue weighted by atomic mass is 16.3. The van der Waals surface area contributed by atoms with Gasteiger partial charge in [-0.1, -0.05) is 0 Å². The third-order valence-electron chi connectivity index (χ3n) is 4.24. The first-order valence-corrected chi connectivity index (χ1v) is 7.78. The van der Waals surface area contributed by atoms with Gasteiger partial charge in [0, 0.05) is 37.1 Å². The number of benzene rings is 1. The standard InChI is InChI=1S/C17H21N3O3/c21-15-4-3-13(20-7-1-2-8-20)9-14(15)17(23)19-10-12-5-6-18-11-16(12)22/h1-4,7-9,12,16,18,21-22H,5-6,10-11H2,(H,19,23)/t12-,16+/m0/s1. The molecule has 1 aliphatic heterocycles. The van der Waals surface area contributed by atoms with Crippen LogP contribution in [-0.4, -0.2) is 46.4 Å². The molecule has 2 heterocycles. The Morgan fingerprint density at radius 3 is 2.87 bits per heavy atom. The van der Waals surface area contributed by atoms with Gasteiger partial charge < -0.3 is 25.4 Å². The van der Waals surface area contributed by atoms with Gasteiger partial charge in [-0.3, -0.25) is 4.79 Å². The Labute approximate surface area is 134 Å². The summed E-state index contributed by atoms with van der Waals surface area (Å²) in [5.41, 5.74) is 1.04. The Morgan fingerprint density at radius 1 is 1.35 bits per heavy atom. The van der Waals surface area contributed by atoms with Gasteiger partial charge in [-0.2, -0.15) is 0 Å². The van der Waals surface area contributed by atoms with Gasteiger partial charge >= 0.3 is 0 Å². The first-order chi connectivity index (χ1) is 11.1. The summed E-state index contributed by atoms with van der Waals surface area (Å²) in [6.07, 6.45) is 4.11. The van der Waals surface area contributed by atoms with E-state index in [2.05, 4.69) is 10.6 Å². The van der Waals surface area contributed by atoms with Crippen LogP contribution in [0.5, 0.6) is 5.75 Å². The van der Waals surface area contributed by atoms with E-state index in [1.54, 1.807) is 12.1 Å². The second-order valence-electron chi connectivity index (χ2n) is 5.82. The van der Waals surface area contributed by atoms with Gasteiger partial charge in [0.1, 0.15) is 5.75 Å². The van der Waals surface area contributed by atoms with Crippen LogP contribution in [0.1, 0.15) is 16.8 Å². The summed E-state index contributed by atoms with van der Waals surface area (Å²) >= 11 is 0. The molecule has 4 N–H and O–H groups in total. The number of β-amino-alcohol motifs (C(OH)–C–C–N with tert-alkyl or cyclic N) is 1. The predicted octanol–water partition coefficient (Wildman–Crippen LogP) is 0.883. The number of nitrogens with one attached hydrogen (secondary N) is 2. The number of aromatic nitrogens is 1. The molecule has 0 unspecified atom stereocenters. The Balaban J connectivity index is 1.70. The molecule has 23 heavy (non-hydrogen) atoms. The number of hydrogen-bond acceptors (Lipinski definition) is 4. The molecule has 2 aromatic rings. The molecule has 0 aliphatic carbocycles. The predicted molar refractivity (Wildman–Crippen MR) is 86.8 cm³/mol. The zero-order valence-electron chi connectivity index (χ0n) is 12.8. The number of aliphatic hydroxyl groups excluding tert-OH is 1. The normalized spacial score (nSPS) is 21.1. The number of amides is 1. The summed E-state index contributed by atoms with van der Waals surface area (Å²) < 4.78 is 1.87. The average molecular weight is 315 g/mol. The van der Waals surface area contributed by atoms with Gasteiger partial charge in [-0.05, 0) is 43.3 Å². The van der Waals surface area contributed by atoms with Crippen molar-refractivity contribution in [3.63, 3.8) is 0 Å². The Bertz CT molecular complexity index is 670. The number of phenolic OH excluding ortho intramolecular Hbond substituents is 1. The number of phenols is 1. The molecule has 3 rings (SSSR count). The lowest BCUT2D eigenvalue weighted by atomic mass is 9.95. The van der Waals surface area contributed by atoms with Crippen molar-refractivity contribution in [2.75, 3.05) is 19.6 Å². The minimum atomic E-state index is -0.455. The molecule has 0 saturated carbocycles. The summed E-state index contributed by atoms with van der Waals surface area (Å²) in [6.45, 7) is 1.79. The summed E-state index contributed by atoms with van der Waals surface area (Å²) in [5.74, 6) is -0.346. The molecule has 1 aromatic heterocycles. The largest absolute Gasteiger partial charge is 0.507 e. The highest BCUT2D eigenvalue weighted by Crippen LogP contribution is 2.21. The molecule has 122 valence electrons. The fourth-order valence-electron chi connectivity index (χ4n) is 2.83. The van der Waals surface area contributed by atoms with Crippen LogP contribution in [0.3, 0.4) is 0 Å². The van der Waals surface area contributed by atoms with E-state index in [9.17, 15) is 15.0 Å². The Kier molecular flexibility index (Phi) is 4.64. The number of aromatic hydroxyl groups is 1. The van der Waals surface area contributed by atoms with Crippen LogP contribution < -0.4 is 10.6 Å². The minimum Gasteiger partial charge on any atom is -0.507 e. The maximum Gasteiger partial charge on any atom is 0.255 e. The molecular formula is C17H21N3O3. The lowest BCUT2D eigenvalue weighted by Crippen LogP contribution is -2.45. The topological polar surface area (TPSA) is 86.5 Å². The number of hydrogen-bond donors (Lipinski definition) is 4. The minimum absolute atomic E-state index is 0.0370. The first kappa shape index (κ1) is 15.6. The smallest absolute Gasteiger partial charge is 0.255 e. The fourth-order valence-corrected chi connectivity index (χ4v) is 2.83. The Hall–Kier alpha value is -2.31. The molecule has 2 atom stereocenters. The molecule has 6 heteroatoms. The van der Waals surface area contributed by atoms with E-state index < -0.39 is 6.10 Å². The molecule has 6 nitrogen and oxygen atoms in total. The van der Waals surface area contributed by atoms with Crippen LogP contribution >= 0.6 is 0 Å². The van der Waals surface area contributed by atoms with Crippen molar-refractivity contribution in [2.45, 2.75) is 12.5 Å². The van der Waals surface area contributed by atoms with Gasteiger partial charge in [-0.15, -0.1) is 0 Å². The second kappa shape index (κ2) is 6.85. The Morgan fingerprint density at radius 2 is 2.13 bits per heavy atom. The third kappa shape index (κ3) is 3.55. The molecule has 0 spiro atoms. The molecular weight excluding hydrogens is 294 g/mol. The first-order valence-electron chi connectivity index (χ1n) is 7.78. The van der Waals surface area contributed by atoms with E-state index in [4.69, 9.17) is 0 Å². The van der Waals surface area contributed by atoms with Gasteiger partial charge in [0.2, 0.25) is 0 Å². The zero-order valence-corrected chi connectivity index (χ0v) is 12.8. The van der Waals surface area contributed by atoms with E-state index in [0.29, 0.717) is 13.1 Å². The van der Waals surface area contributed by atoms with Crippen LogP contribution in [0, 0.1) is 5.92 Å². The van der Waals surface area contributed by atoms with Crippen LogP contribution in [0.2, 0.25) is 0 Å². The molecule has 1 saturated heterocycles. The van der Waals surface area contributed by atoms with E-state index in [0.717, 1.165) is 18.7 Å². The second-order valence-corrected chi connectivity index (χ2v) is 5.82. The summed E-state index contributed by atoms with van der Waals surface area (Å²) in [6, 6.07) is 8.71. The van der Waals surface area contributed by atoms with Gasteiger partial charge in [0.05, 0.1) is 11.7 Å². The van der Waals surface area contributed by atoms with Gasteiger partial charge in [0.15, 0.2) is 0 Å². The van der Waals surface area contributed by atoms with Crippen LogP contribution in [0.15, 0.2) is 42.7 Å². The monoisotopic (exact) mass is 315 g/mol. The zero-order chi connectivity index (χ0) is 16.2. The van der Waals surface area contributed by atoms with Crippen molar-refractivity contribution < 1.29 is 15.0 Å². The van der Waals surface area contributed by atoms with E-state index in [1.807, 2.05) is 29.1 Å². The SMILES string of the molecule is O=C(NC[C@@H]1CCNC[C@H]1O)c1cc(-n2cccc2)ccc1O. The molecule has 1 aliphatic rings. The number of carbonyl (C=O) groups is 1. The van der Waals surface area contributed by atoms with Crippen molar-refractivity contribution in [2.24, 2.45) is 5.92 Å². The molecule has 1 fully saturated rings. The van der Waals surface area contributed by atoms with Crippen molar-refractivity contribution in [3.05, 3.63) is 48.3 Å². The van der Waals surface area contributed by atoms with Crippen LogP contribution in [-0.2, 0) is 0 Å². The number of carbonyl (C=O) groups excluding carboxylic acids is 1. The highest BCUT2D eigenvalue weighted by molar-refractivity contribution is 5.97. The maximum absolute atomic E-state index is 12.4. The van der Waals surface area contributed by atoms with Crippen molar-refractivity contribution >= 4 is 5.91 Å². The van der Waals surface area contributed by atoms with E-state index >= 15 is 0 Å². The van der Waals surface area contributed by atoms with E-state index in [-0.39, 0.29) is 23.1 Å². The lowest BCUT2D eigenvalue weighted by Gasteiger charge is -2.28. The molecule has 0 bridgehead atoms.